The van der Waals surface area contributed by atoms with Crippen LogP contribution in [0.5, 0.6) is 0 Å². The van der Waals surface area contributed by atoms with E-state index in [1.54, 1.807) is 0 Å². The third-order valence-electron chi connectivity index (χ3n) is 2.51. The van der Waals surface area contributed by atoms with Gasteiger partial charge in [0.25, 0.3) is 5.85 Å². The van der Waals surface area contributed by atoms with Gasteiger partial charge in [-0.15, -0.1) is 0 Å². The second-order valence-corrected chi connectivity index (χ2v) is 4.74. The SMILES string of the molecule is CCCOC(N)(N)C(OCCC)(OCCC)OCCC. The maximum atomic E-state index is 6.08. The second-order valence-electron chi connectivity index (χ2n) is 4.74. The normalized spacial score (nSPS) is 12.9. The molecule has 0 amide bonds. The van der Waals surface area contributed by atoms with Gasteiger partial charge in [-0.2, -0.15) is 0 Å². The molecule has 0 saturated heterocycles. The van der Waals surface area contributed by atoms with Gasteiger partial charge in [-0.3, -0.25) is 11.5 Å². The number of nitrogens with two attached hydrogens (primary N) is 2. The molecule has 0 bridgehead atoms. The fourth-order valence-corrected chi connectivity index (χ4v) is 1.53. The van der Waals surface area contributed by atoms with Crippen LogP contribution in [-0.4, -0.2) is 38.2 Å². The van der Waals surface area contributed by atoms with Crippen LogP contribution in [0.3, 0.4) is 0 Å². The highest BCUT2D eigenvalue weighted by atomic mass is 16.9. The Hall–Kier alpha value is -0.240. The molecule has 6 heteroatoms. The molecule has 4 N–H and O–H groups in total. The molecule has 0 aromatic rings. The lowest BCUT2D eigenvalue weighted by molar-refractivity contribution is -0.446. The molecule has 0 unspecified atom stereocenters. The van der Waals surface area contributed by atoms with E-state index in [4.69, 9.17) is 30.4 Å². The molecule has 0 atom stereocenters. The molecule has 0 rings (SSSR count). The molecule has 0 heterocycles. The lowest BCUT2D eigenvalue weighted by Crippen LogP contribution is -2.72. The topological polar surface area (TPSA) is 89.0 Å². The van der Waals surface area contributed by atoms with Gasteiger partial charge in [0.15, 0.2) is 0 Å². The van der Waals surface area contributed by atoms with Crippen molar-refractivity contribution in [1.29, 1.82) is 0 Å². The van der Waals surface area contributed by atoms with Crippen molar-refractivity contribution in [2.24, 2.45) is 11.5 Å². The fourth-order valence-electron chi connectivity index (χ4n) is 1.53. The van der Waals surface area contributed by atoms with E-state index >= 15 is 0 Å². The molecule has 0 aliphatic rings. The minimum Gasteiger partial charge on any atom is -0.341 e. The lowest BCUT2D eigenvalue weighted by atomic mass is 10.3. The van der Waals surface area contributed by atoms with E-state index in [1.807, 2.05) is 27.7 Å². The maximum Gasteiger partial charge on any atom is 0.343 e. The monoisotopic (exact) mass is 292 g/mol. The van der Waals surface area contributed by atoms with E-state index in [-0.39, 0.29) is 0 Å². The summed E-state index contributed by atoms with van der Waals surface area (Å²) in [6, 6.07) is 0. The van der Waals surface area contributed by atoms with Crippen molar-refractivity contribution in [1.82, 2.24) is 0 Å². The largest absolute Gasteiger partial charge is 0.343 e. The van der Waals surface area contributed by atoms with E-state index in [1.165, 1.54) is 0 Å². The third kappa shape index (κ3) is 6.03. The Bertz CT molecular complexity index is 215. The summed E-state index contributed by atoms with van der Waals surface area (Å²) < 4.78 is 22.7. The van der Waals surface area contributed by atoms with Crippen molar-refractivity contribution < 1.29 is 18.9 Å². The van der Waals surface area contributed by atoms with Crippen molar-refractivity contribution >= 4 is 0 Å². The average molecular weight is 292 g/mol. The first-order valence-corrected chi connectivity index (χ1v) is 7.63. The molecule has 20 heavy (non-hydrogen) atoms. The highest BCUT2D eigenvalue weighted by molar-refractivity contribution is 4.80. The number of rotatable bonds is 13. The molecule has 6 nitrogen and oxygen atoms in total. The van der Waals surface area contributed by atoms with Gasteiger partial charge in [-0.1, -0.05) is 27.7 Å². The first kappa shape index (κ1) is 19.8. The molecule has 0 aliphatic carbocycles. The summed E-state index contributed by atoms with van der Waals surface area (Å²) in [4.78, 5) is 0. The first-order chi connectivity index (χ1) is 9.49. The van der Waals surface area contributed by atoms with Crippen LogP contribution in [0.2, 0.25) is 0 Å². The van der Waals surface area contributed by atoms with Crippen molar-refractivity contribution in [3.8, 4) is 0 Å². The minimum atomic E-state index is -1.65. The predicted octanol–water partition coefficient (Wildman–Crippen LogP) is 1.92. The Morgan fingerprint density at radius 2 is 0.900 bits per heavy atom. The van der Waals surface area contributed by atoms with Crippen molar-refractivity contribution in [2.45, 2.75) is 65.2 Å². The zero-order valence-electron chi connectivity index (χ0n) is 13.4. The van der Waals surface area contributed by atoms with Crippen LogP contribution in [-0.2, 0) is 18.9 Å². The molecular weight excluding hydrogens is 260 g/mol. The van der Waals surface area contributed by atoms with Crippen LogP contribution in [0.25, 0.3) is 0 Å². The summed E-state index contributed by atoms with van der Waals surface area (Å²) in [5.74, 6) is -3.22. The van der Waals surface area contributed by atoms with Gasteiger partial charge in [0.1, 0.15) is 0 Å². The van der Waals surface area contributed by atoms with Crippen LogP contribution >= 0.6 is 0 Å². The molecule has 122 valence electrons. The molecule has 0 aromatic carbocycles. The van der Waals surface area contributed by atoms with E-state index in [0.29, 0.717) is 26.4 Å². The van der Waals surface area contributed by atoms with Crippen molar-refractivity contribution in [2.75, 3.05) is 26.4 Å². The highest BCUT2D eigenvalue weighted by Crippen LogP contribution is 2.26. The molecular formula is C14H32N2O4. The molecule has 0 aliphatic heterocycles. The van der Waals surface area contributed by atoms with Crippen LogP contribution in [0, 0.1) is 0 Å². The Labute approximate surface area is 123 Å². The fraction of sp³-hybridized carbons (Fsp3) is 1.00. The third-order valence-corrected chi connectivity index (χ3v) is 2.51. The molecule has 0 saturated carbocycles. The Kier molecular flexibility index (Phi) is 10.4. The van der Waals surface area contributed by atoms with Crippen LogP contribution in [0.4, 0.5) is 0 Å². The van der Waals surface area contributed by atoms with Gasteiger partial charge >= 0.3 is 5.97 Å². The Morgan fingerprint density at radius 1 is 0.600 bits per heavy atom. The van der Waals surface area contributed by atoms with E-state index in [2.05, 4.69) is 0 Å². The molecule has 0 aromatic heterocycles. The summed E-state index contributed by atoms with van der Waals surface area (Å²) in [5.41, 5.74) is 12.2. The standard InChI is InChI=1S/C14H32N2O4/c1-5-9-17-13(15,16)14(18-10-6-2,19-11-7-3)20-12-8-4/h5-12,15-16H2,1-4H3. The van der Waals surface area contributed by atoms with Gasteiger partial charge < -0.3 is 18.9 Å². The zero-order chi connectivity index (χ0) is 15.5. The lowest BCUT2D eigenvalue weighted by Gasteiger charge is -2.43. The Morgan fingerprint density at radius 3 is 1.20 bits per heavy atom. The zero-order valence-corrected chi connectivity index (χ0v) is 13.4. The molecule has 0 spiro atoms. The summed E-state index contributed by atoms with van der Waals surface area (Å²) in [5, 5.41) is 0. The highest BCUT2D eigenvalue weighted by Gasteiger charge is 2.52. The van der Waals surface area contributed by atoms with E-state index in [0.717, 1.165) is 25.7 Å². The summed E-state index contributed by atoms with van der Waals surface area (Å²) in [7, 11) is 0. The van der Waals surface area contributed by atoms with Gasteiger partial charge in [0.2, 0.25) is 0 Å². The number of hydrogen-bond acceptors (Lipinski definition) is 6. The van der Waals surface area contributed by atoms with Crippen LogP contribution in [0.15, 0.2) is 0 Å². The smallest absolute Gasteiger partial charge is 0.341 e. The summed E-state index contributed by atoms with van der Waals surface area (Å²) in [6.07, 6.45) is 3.20. The van der Waals surface area contributed by atoms with E-state index in [9.17, 15) is 0 Å². The van der Waals surface area contributed by atoms with Crippen LogP contribution in [0.1, 0.15) is 53.4 Å². The molecule has 0 radical (unpaired) electrons. The predicted molar refractivity (Wildman–Crippen MR) is 78.8 cm³/mol. The van der Waals surface area contributed by atoms with Gasteiger partial charge in [-0.25, -0.2) is 0 Å². The van der Waals surface area contributed by atoms with E-state index < -0.39 is 11.8 Å². The van der Waals surface area contributed by atoms with Gasteiger partial charge in [0.05, 0.1) is 26.4 Å². The number of hydrogen-bond donors (Lipinski definition) is 2. The quantitative estimate of drug-likeness (QED) is 0.504. The minimum absolute atomic E-state index is 0.412. The van der Waals surface area contributed by atoms with Gasteiger partial charge in [0, 0.05) is 0 Å². The Balaban J connectivity index is 5.08. The van der Waals surface area contributed by atoms with Crippen molar-refractivity contribution in [3.63, 3.8) is 0 Å². The average Bonchev–Trinajstić information content (AvgIpc) is 2.44. The molecule has 0 fully saturated rings. The maximum absolute atomic E-state index is 6.08. The van der Waals surface area contributed by atoms with Crippen molar-refractivity contribution in [3.05, 3.63) is 0 Å². The van der Waals surface area contributed by atoms with Gasteiger partial charge in [-0.05, 0) is 25.7 Å². The summed E-state index contributed by atoms with van der Waals surface area (Å²) in [6.45, 7) is 9.65. The summed E-state index contributed by atoms with van der Waals surface area (Å²) >= 11 is 0. The second kappa shape index (κ2) is 10.5. The number of ether oxygens (including phenoxy) is 4. The van der Waals surface area contributed by atoms with Crippen LogP contribution < -0.4 is 11.5 Å². The first-order valence-electron chi connectivity index (χ1n) is 7.63.